The minimum atomic E-state index is -0.426. The van der Waals surface area contributed by atoms with Crippen LogP contribution in [0.1, 0.15) is 18.1 Å². The maximum absolute atomic E-state index is 13.0. The smallest absolute Gasteiger partial charge is 0.141 e. The first-order valence-corrected chi connectivity index (χ1v) is 6.54. The number of benzene rings is 1. The van der Waals surface area contributed by atoms with E-state index in [-0.39, 0.29) is 5.02 Å². The Kier molecular flexibility index (Phi) is 4.56. The van der Waals surface area contributed by atoms with Crippen LogP contribution < -0.4 is 5.32 Å². The summed E-state index contributed by atoms with van der Waals surface area (Å²) in [6.07, 6.45) is 2.13. The summed E-state index contributed by atoms with van der Waals surface area (Å²) in [5.41, 5.74) is 1.72. The van der Waals surface area contributed by atoms with Crippen LogP contribution in [0.15, 0.2) is 24.5 Å². The van der Waals surface area contributed by atoms with Crippen LogP contribution in [-0.4, -0.2) is 9.97 Å². The van der Waals surface area contributed by atoms with Gasteiger partial charge in [0.1, 0.15) is 23.1 Å². The summed E-state index contributed by atoms with van der Waals surface area (Å²) in [7, 11) is 0. The molecule has 6 heteroatoms. The van der Waals surface area contributed by atoms with E-state index in [1.165, 1.54) is 12.4 Å². The molecule has 0 saturated carbocycles. The maximum atomic E-state index is 13.0. The van der Waals surface area contributed by atoms with Gasteiger partial charge in [-0.15, -0.1) is 0 Å². The minimum absolute atomic E-state index is 0.107. The number of anilines is 1. The van der Waals surface area contributed by atoms with Gasteiger partial charge in [-0.1, -0.05) is 36.2 Å². The van der Waals surface area contributed by atoms with Gasteiger partial charge in [0.25, 0.3) is 0 Å². The summed E-state index contributed by atoms with van der Waals surface area (Å²) in [5.74, 6) is 0.257. The van der Waals surface area contributed by atoms with Crippen molar-refractivity contribution in [3.05, 3.63) is 51.6 Å². The third-order valence-electron chi connectivity index (χ3n) is 2.69. The highest BCUT2D eigenvalue weighted by atomic mass is 35.5. The lowest BCUT2D eigenvalue weighted by Crippen LogP contribution is -2.05. The summed E-state index contributed by atoms with van der Waals surface area (Å²) in [4.78, 5) is 8.09. The number of rotatable bonds is 4. The summed E-state index contributed by atoms with van der Waals surface area (Å²) in [6.45, 7) is 2.46. The van der Waals surface area contributed by atoms with Crippen molar-refractivity contribution in [2.75, 3.05) is 5.32 Å². The van der Waals surface area contributed by atoms with Crippen molar-refractivity contribution >= 4 is 29.0 Å². The van der Waals surface area contributed by atoms with Crippen LogP contribution in [0.4, 0.5) is 10.2 Å². The fourth-order valence-corrected chi connectivity index (χ4v) is 2.16. The van der Waals surface area contributed by atoms with Gasteiger partial charge in [0.15, 0.2) is 0 Å². The molecule has 0 spiro atoms. The maximum Gasteiger partial charge on any atom is 0.141 e. The molecule has 1 aromatic heterocycles. The Bertz CT molecular complexity index is 590. The Balaban J connectivity index is 2.14. The van der Waals surface area contributed by atoms with Crippen molar-refractivity contribution < 1.29 is 4.39 Å². The van der Waals surface area contributed by atoms with E-state index in [0.717, 1.165) is 17.5 Å². The van der Waals surface area contributed by atoms with Crippen molar-refractivity contribution in [1.29, 1.82) is 0 Å². The van der Waals surface area contributed by atoms with Crippen molar-refractivity contribution in [3.63, 3.8) is 0 Å². The Labute approximate surface area is 120 Å². The van der Waals surface area contributed by atoms with Crippen LogP contribution in [0.25, 0.3) is 0 Å². The second-order valence-electron chi connectivity index (χ2n) is 3.95. The molecule has 100 valence electrons. The highest BCUT2D eigenvalue weighted by molar-refractivity contribution is 6.31. The van der Waals surface area contributed by atoms with E-state index >= 15 is 0 Å². The number of nitrogens with one attached hydrogen (secondary N) is 1. The largest absolute Gasteiger partial charge is 0.366 e. The summed E-state index contributed by atoms with van der Waals surface area (Å²) >= 11 is 11.7. The highest BCUT2D eigenvalue weighted by Crippen LogP contribution is 2.21. The fraction of sp³-hybridized carbons (Fsp3) is 0.231. The standard InChI is InChI=1S/C13H12Cl2FN3/c1-2-9-12(15)18-7-19-13(9)17-6-8-3-4-11(16)10(14)5-8/h3-5,7H,2,6H2,1H3,(H,17,18,19). The van der Waals surface area contributed by atoms with E-state index in [2.05, 4.69) is 15.3 Å². The number of aromatic nitrogens is 2. The predicted molar refractivity (Wildman–Crippen MR) is 75.2 cm³/mol. The van der Waals surface area contributed by atoms with Gasteiger partial charge in [-0.3, -0.25) is 0 Å². The molecule has 19 heavy (non-hydrogen) atoms. The van der Waals surface area contributed by atoms with Crippen molar-refractivity contribution in [2.45, 2.75) is 19.9 Å². The molecule has 0 unspecified atom stereocenters. The van der Waals surface area contributed by atoms with Crippen LogP contribution in [-0.2, 0) is 13.0 Å². The number of halogens is 3. The van der Waals surface area contributed by atoms with E-state index in [9.17, 15) is 4.39 Å². The SMILES string of the molecule is CCc1c(Cl)ncnc1NCc1ccc(F)c(Cl)c1. The Morgan fingerprint density at radius 1 is 1.26 bits per heavy atom. The van der Waals surface area contributed by atoms with Crippen molar-refractivity contribution in [3.8, 4) is 0 Å². The minimum Gasteiger partial charge on any atom is -0.366 e. The summed E-state index contributed by atoms with van der Waals surface area (Å²) in [5, 5.41) is 3.70. The van der Waals surface area contributed by atoms with Crippen LogP contribution >= 0.6 is 23.2 Å². The number of hydrogen-bond acceptors (Lipinski definition) is 3. The molecule has 1 heterocycles. The molecule has 0 radical (unpaired) electrons. The predicted octanol–water partition coefficient (Wildman–Crippen LogP) is 4.10. The first kappa shape index (κ1) is 14.0. The van der Waals surface area contributed by atoms with E-state index < -0.39 is 5.82 Å². The van der Waals surface area contributed by atoms with Gasteiger partial charge in [0, 0.05) is 12.1 Å². The zero-order chi connectivity index (χ0) is 13.8. The Morgan fingerprint density at radius 3 is 2.74 bits per heavy atom. The molecule has 0 atom stereocenters. The third kappa shape index (κ3) is 3.33. The van der Waals surface area contributed by atoms with Gasteiger partial charge in [0.05, 0.1) is 5.02 Å². The van der Waals surface area contributed by atoms with Gasteiger partial charge in [-0.2, -0.15) is 0 Å². The molecule has 0 fully saturated rings. The lowest BCUT2D eigenvalue weighted by atomic mass is 10.2. The van der Waals surface area contributed by atoms with Crippen LogP contribution in [0.3, 0.4) is 0 Å². The van der Waals surface area contributed by atoms with Crippen LogP contribution in [0, 0.1) is 5.82 Å². The van der Waals surface area contributed by atoms with Crippen LogP contribution in [0.2, 0.25) is 10.2 Å². The molecule has 0 amide bonds. The van der Waals surface area contributed by atoms with Crippen molar-refractivity contribution in [1.82, 2.24) is 9.97 Å². The fourth-order valence-electron chi connectivity index (χ4n) is 1.69. The van der Waals surface area contributed by atoms with E-state index in [1.54, 1.807) is 12.1 Å². The molecular formula is C13H12Cl2FN3. The average molecular weight is 300 g/mol. The number of nitrogens with zero attached hydrogens (tertiary/aromatic N) is 2. The van der Waals surface area contributed by atoms with Gasteiger partial charge >= 0.3 is 0 Å². The molecule has 0 aliphatic heterocycles. The second-order valence-corrected chi connectivity index (χ2v) is 4.71. The molecule has 2 rings (SSSR count). The van der Waals surface area contributed by atoms with E-state index in [1.807, 2.05) is 6.92 Å². The molecular weight excluding hydrogens is 288 g/mol. The summed E-state index contributed by atoms with van der Waals surface area (Å²) < 4.78 is 13.0. The monoisotopic (exact) mass is 299 g/mol. The zero-order valence-electron chi connectivity index (χ0n) is 10.3. The Morgan fingerprint density at radius 2 is 2.05 bits per heavy atom. The molecule has 0 aliphatic rings. The molecule has 0 saturated heterocycles. The van der Waals surface area contributed by atoms with Crippen LogP contribution in [0.5, 0.6) is 0 Å². The summed E-state index contributed by atoms with van der Waals surface area (Å²) in [6, 6.07) is 4.59. The lowest BCUT2D eigenvalue weighted by Gasteiger charge is -2.10. The third-order valence-corrected chi connectivity index (χ3v) is 3.31. The van der Waals surface area contributed by atoms with E-state index in [0.29, 0.717) is 17.5 Å². The van der Waals surface area contributed by atoms with Crippen molar-refractivity contribution in [2.24, 2.45) is 0 Å². The molecule has 1 N–H and O–H groups in total. The average Bonchev–Trinajstić information content (AvgIpc) is 2.40. The van der Waals surface area contributed by atoms with Gasteiger partial charge < -0.3 is 5.32 Å². The molecule has 0 aliphatic carbocycles. The van der Waals surface area contributed by atoms with Gasteiger partial charge in [-0.25, -0.2) is 14.4 Å². The quantitative estimate of drug-likeness (QED) is 0.864. The normalized spacial score (nSPS) is 10.5. The van der Waals surface area contributed by atoms with Gasteiger partial charge in [-0.05, 0) is 24.1 Å². The Hall–Kier alpha value is -1.39. The molecule has 3 nitrogen and oxygen atoms in total. The second kappa shape index (κ2) is 6.17. The molecule has 0 bridgehead atoms. The number of hydrogen-bond donors (Lipinski definition) is 1. The van der Waals surface area contributed by atoms with E-state index in [4.69, 9.17) is 23.2 Å². The zero-order valence-corrected chi connectivity index (χ0v) is 11.8. The first-order valence-electron chi connectivity index (χ1n) is 5.79. The lowest BCUT2D eigenvalue weighted by molar-refractivity contribution is 0.627. The first-order chi connectivity index (χ1) is 9.11. The van der Waals surface area contributed by atoms with Gasteiger partial charge in [0.2, 0.25) is 0 Å². The molecule has 2 aromatic rings. The highest BCUT2D eigenvalue weighted by Gasteiger charge is 2.08. The topological polar surface area (TPSA) is 37.8 Å². The molecule has 1 aromatic carbocycles.